The van der Waals surface area contributed by atoms with Crippen LogP contribution in [0, 0.1) is 5.82 Å². The average Bonchev–Trinajstić information content (AvgIpc) is 3.37. The molecule has 6 nitrogen and oxygen atoms in total. The highest BCUT2D eigenvalue weighted by Gasteiger charge is 2.21. The smallest absolute Gasteiger partial charge is 0.254 e. The monoisotopic (exact) mass is 379 g/mol. The van der Waals surface area contributed by atoms with Crippen molar-refractivity contribution in [2.45, 2.75) is 19.4 Å². The second-order valence-corrected chi connectivity index (χ2v) is 6.57. The lowest BCUT2D eigenvalue weighted by Crippen LogP contribution is -2.29. The molecule has 4 aromatic rings. The van der Waals surface area contributed by atoms with Crippen LogP contribution in [0.25, 0.3) is 11.1 Å². The van der Waals surface area contributed by atoms with Crippen molar-refractivity contribution in [3.63, 3.8) is 0 Å². The maximum absolute atomic E-state index is 13.9. The zero-order valence-electron chi connectivity index (χ0n) is 15.4. The van der Waals surface area contributed by atoms with Crippen LogP contribution in [-0.2, 0) is 6.42 Å². The van der Waals surface area contributed by atoms with Gasteiger partial charge in [-0.25, -0.2) is 9.37 Å². The van der Waals surface area contributed by atoms with Crippen LogP contribution in [0.1, 0.15) is 40.5 Å². The summed E-state index contributed by atoms with van der Waals surface area (Å²) in [4.78, 5) is 18.8. The minimum absolute atomic E-state index is 0.176. The van der Waals surface area contributed by atoms with Crippen molar-refractivity contribution in [2.75, 3.05) is 7.05 Å². The summed E-state index contributed by atoms with van der Waals surface area (Å²) >= 11 is 0. The number of amides is 1. The van der Waals surface area contributed by atoms with Gasteiger partial charge in [-0.15, -0.1) is 0 Å². The van der Waals surface area contributed by atoms with Crippen molar-refractivity contribution in [3.8, 4) is 0 Å². The van der Waals surface area contributed by atoms with E-state index in [0.717, 1.165) is 0 Å². The molecule has 0 unspecified atom stereocenters. The molecule has 0 spiro atoms. The second kappa shape index (κ2) is 7.26. The summed E-state index contributed by atoms with van der Waals surface area (Å²) in [5.74, 6) is -0.0810. The summed E-state index contributed by atoms with van der Waals surface area (Å²) in [6, 6.07) is 13.1. The SMILES string of the molecule is C[C@H](c1ccon1)N(C)C(=O)c1ccc2nc(Cc3ccccc3F)oc2c1. The fraction of sp³-hybridized carbons (Fsp3) is 0.190. The Balaban J connectivity index is 1.57. The fourth-order valence-electron chi connectivity index (χ4n) is 3.00. The van der Waals surface area contributed by atoms with Crippen LogP contribution in [0.3, 0.4) is 0 Å². The maximum atomic E-state index is 13.9. The van der Waals surface area contributed by atoms with Crippen molar-refractivity contribution < 1.29 is 18.1 Å². The van der Waals surface area contributed by atoms with Gasteiger partial charge >= 0.3 is 0 Å². The van der Waals surface area contributed by atoms with E-state index in [1.165, 1.54) is 12.3 Å². The molecule has 0 saturated heterocycles. The molecule has 0 fully saturated rings. The first-order valence-corrected chi connectivity index (χ1v) is 8.83. The third-order valence-corrected chi connectivity index (χ3v) is 4.77. The fourth-order valence-corrected chi connectivity index (χ4v) is 3.00. The van der Waals surface area contributed by atoms with E-state index in [1.54, 1.807) is 54.4 Å². The number of carbonyl (C=O) groups is 1. The van der Waals surface area contributed by atoms with Crippen LogP contribution >= 0.6 is 0 Å². The topological polar surface area (TPSA) is 72.4 Å². The van der Waals surface area contributed by atoms with Crippen molar-refractivity contribution in [3.05, 3.63) is 83.3 Å². The van der Waals surface area contributed by atoms with Crippen LogP contribution in [0.15, 0.2) is 63.7 Å². The molecule has 0 N–H and O–H groups in total. The first-order chi connectivity index (χ1) is 13.5. The standard InChI is InChI=1S/C21H18FN3O3/c1-13(17-9-10-27-24-17)25(2)21(26)15-7-8-18-19(11-15)28-20(23-18)12-14-5-3-4-6-16(14)22/h3-11,13H,12H2,1-2H3/t13-/m1/s1. The minimum Gasteiger partial charge on any atom is -0.440 e. The Bertz CT molecular complexity index is 1120. The average molecular weight is 379 g/mol. The summed E-state index contributed by atoms with van der Waals surface area (Å²) < 4.78 is 24.5. The third-order valence-electron chi connectivity index (χ3n) is 4.77. The van der Waals surface area contributed by atoms with Crippen molar-refractivity contribution in [2.24, 2.45) is 0 Å². The lowest BCUT2D eigenvalue weighted by Gasteiger charge is -2.23. The van der Waals surface area contributed by atoms with Gasteiger partial charge in [0.15, 0.2) is 11.5 Å². The number of hydrogen-bond acceptors (Lipinski definition) is 5. The van der Waals surface area contributed by atoms with Crippen LogP contribution in [0.2, 0.25) is 0 Å². The zero-order chi connectivity index (χ0) is 19.7. The van der Waals surface area contributed by atoms with E-state index in [-0.39, 0.29) is 24.2 Å². The summed E-state index contributed by atoms with van der Waals surface area (Å²) in [7, 11) is 1.70. The molecular weight excluding hydrogens is 361 g/mol. The first-order valence-electron chi connectivity index (χ1n) is 8.83. The molecule has 7 heteroatoms. The number of hydrogen-bond donors (Lipinski definition) is 0. The quantitative estimate of drug-likeness (QED) is 0.515. The Morgan fingerprint density at radius 2 is 2.04 bits per heavy atom. The Kier molecular flexibility index (Phi) is 4.65. The zero-order valence-corrected chi connectivity index (χ0v) is 15.4. The van der Waals surface area contributed by atoms with Gasteiger partial charge in [-0.2, -0.15) is 0 Å². The molecular formula is C21H18FN3O3. The van der Waals surface area contributed by atoms with Gasteiger partial charge in [-0.05, 0) is 36.8 Å². The lowest BCUT2D eigenvalue weighted by atomic mass is 10.1. The molecule has 0 aliphatic rings. The van der Waals surface area contributed by atoms with E-state index >= 15 is 0 Å². The normalized spacial score (nSPS) is 12.2. The number of oxazole rings is 1. The van der Waals surface area contributed by atoms with Gasteiger partial charge in [0, 0.05) is 18.7 Å². The molecule has 0 bridgehead atoms. The number of halogens is 1. The molecule has 2 aromatic heterocycles. The molecule has 28 heavy (non-hydrogen) atoms. The van der Waals surface area contributed by atoms with Crippen molar-refractivity contribution in [1.82, 2.24) is 15.0 Å². The molecule has 142 valence electrons. The number of nitrogens with zero attached hydrogens (tertiary/aromatic N) is 3. The summed E-state index contributed by atoms with van der Waals surface area (Å²) in [5, 5.41) is 3.89. The van der Waals surface area contributed by atoms with E-state index < -0.39 is 0 Å². The highest BCUT2D eigenvalue weighted by atomic mass is 19.1. The summed E-state index contributed by atoms with van der Waals surface area (Å²) in [6.07, 6.45) is 1.72. The van der Waals surface area contributed by atoms with Crippen LogP contribution in [-0.4, -0.2) is 28.0 Å². The third kappa shape index (κ3) is 3.38. The van der Waals surface area contributed by atoms with Crippen molar-refractivity contribution in [1.29, 1.82) is 0 Å². The molecule has 0 aliphatic heterocycles. The van der Waals surface area contributed by atoms with Gasteiger partial charge in [0.05, 0.1) is 12.5 Å². The van der Waals surface area contributed by atoms with Crippen LogP contribution < -0.4 is 0 Å². The molecule has 0 saturated carbocycles. The van der Waals surface area contributed by atoms with E-state index in [0.29, 0.717) is 33.8 Å². The minimum atomic E-state index is -0.302. The van der Waals surface area contributed by atoms with Crippen molar-refractivity contribution >= 4 is 17.0 Å². The van der Waals surface area contributed by atoms with Gasteiger partial charge in [-0.3, -0.25) is 4.79 Å². The van der Waals surface area contributed by atoms with Gasteiger partial charge in [0.2, 0.25) is 0 Å². The first kappa shape index (κ1) is 17.9. The summed E-state index contributed by atoms with van der Waals surface area (Å²) in [5.41, 5.74) is 2.75. The highest BCUT2D eigenvalue weighted by molar-refractivity contribution is 5.97. The summed E-state index contributed by atoms with van der Waals surface area (Å²) in [6.45, 7) is 1.87. The van der Waals surface area contributed by atoms with E-state index in [1.807, 2.05) is 6.92 Å². The molecule has 1 amide bonds. The van der Waals surface area contributed by atoms with Gasteiger partial charge in [0.1, 0.15) is 23.3 Å². The highest BCUT2D eigenvalue weighted by Crippen LogP contribution is 2.23. The maximum Gasteiger partial charge on any atom is 0.254 e. The van der Waals surface area contributed by atoms with Crippen LogP contribution in [0.4, 0.5) is 4.39 Å². The Morgan fingerprint density at radius 1 is 1.21 bits per heavy atom. The van der Waals surface area contributed by atoms with Gasteiger partial charge < -0.3 is 13.8 Å². The lowest BCUT2D eigenvalue weighted by molar-refractivity contribution is 0.0737. The second-order valence-electron chi connectivity index (χ2n) is 6.57. The van der Waals surface area contributed by atoms with Crippen LogP contribution in [0.5, 0.6) is 0 Å². The molecule has 2 heterocycles. The number of fused-ring (bicyclic) bond motifs is 1. The molecule has 4 rings (SSSR count). The predicted molar refractivity (Wildman–Crippen MR) is 100 cm³/mol. The number of aromatic nitrogens is 2. The van der Waals surface area contributed by atoms with E-state index in [9.17, 15) is 9.18 Å². The number of carbonyl (C=O) groups excluding carboxylic acids is 1. The molecule has 0 aliphatic carbocycles. The molecule has 2 aromatic carbocycles. The molecule has 0 radical (unpaired) electrons. The Labute approximate surface area is 160 Å². The Morgan fingerprint density at radius 3 is 2.79 bits per heavy atom. The predicted octanol–water partition coefficient (Wildman–Crippen LogP) is 4.38. The number of rotatable bonds is 5. The van der Waals surface area contributed by atoms with Gasteiger partial charge in [0.25, 0.3) is 5.91 Å². The van der Waals surface area contributed by atoms with E-state index in [4.69, 9.17) is 8.94 Å². The van der Waals surface area contributed by atoms with Gasteiger partial charge in [-0.1, -0.05) is 23.4 Å². The number of benzene rings is 2. The van der Waals surface area contributed by atoms with E-state index in [2.05, 4.69) is 10.1 Å². The largest absolute Gasteiger partial charge is 0.440 e. The Hall–Kier alpha value is -3.48. The molecule has 1 atom stereocenters.